The van der Waals surface area contributed by atoms with E-state index in [1.807, 2.05) is 0 Å². The fourth-order valence-electron chi connectivity index (χ4n) is 14.3. The minimum Gasteiger partial charge on any atom is -0.496 e. The van der Waals surface area contributed by atoms with E-state index in [2.05, 4.69) is 200 Å². The van der Waals surface area contributed by atoms with Crippen LogP contribution < -0.4 is 15.8 Å². The van der Waals surface area contributed by atoms with Crippen molar-refractivity contribution in [2.45, 2.75) is 182 Å². The van der Waals surface area contributed by atoms with Crippen LogP contribution in [0.2, 0.25) is 0 Å². The smallest absolute Gasteiger partial charge is 0.266 e. The van der Waals surface area contributed by atoms with Crippen LogP contribution in [0.25, 0.3) is 11.1 Å². The normalized spacial score (nSPS) is 26.5. The molecular weight excluding hydrogens is 785 g/mol. The summed E-state index contributed by atoms with van der Waals surface area (Å²) in [6.07, 6.45) is 6.76. The second-order valence-corrected chi connectivity index (χ2v) is 26.1. The van der Waals surface area contributed by atoms with Crippen LogP contribution >= 0.6 is 0 Å². The van der Waals surface area contributed by atoms with Gasteiger partial charge in [0.1, 0.15) is 11.3 Å². The average Bonchev–Trinajstić information content (AvgIpc) is 3.58. The molecule has 2 nitrogen and oxygen atoms in total. The molecule has 3 heterocycles. The number of hydrogen-bond acceptors (Lipinski definition) is 2. The highest BCUT2D eigenvalue weighted by molar-refractivity contribution is 6.90. The van der Waals surface area contributed by atoms with Crippen molar-refractivity contribution in [3.63, 3.8) is 0 Å². The van der Waals surface area contributed by atoms with E-state index in [4.69, 9.17) is 4.74 Å². The van der Waals surface area contributed by atoms with Gasteiger partial charge in [-0.1, -0.05) is 168 Å². The van der Waals surface area contributed by atoms with Crippen molar-refractivity contribution in [2.75, 3.05) is 4.90 Å². The van der Waals surface area contributed by atoms with Crippen LogP contribution in [-0.2, 0) is 32.8 Å². The Morgan fingerprint density at radius 3 is 2.02 bits per heavy atom. The summed E-state index contributed by atoms with van der Waals surface area (Å²) in [7, 11) is 0. The highest BCUT2D eigenvalue weighted by atomic mass is 16.5. The third-order valence-corrected chi connectivity index (χ3v) is 18.1. The summed E-state index contributed by atoms with van der Waals surface area (Å²) >= 11 is 0. The number of benzene rings is 5. The maximum absolute atomic E-state index is 8.11. The van der Waals surface area contributed by atoms with E-state index in [-0.39, 0.29) is 51.2 Å². The van der Waals surface area contributed by atoms with Gasteiger partial charge in [-0.15, -0.1) is 0 Å². The molecule has 0 N–H and O–H groups in total. The molecule has 0 fully saturated rings. The molecule has 0 spiro atoms. The lowest BCUT2D eigenvalue weighted by molar-refractivity contribution is 0.0592. The van der Waals surface area contributed by atoms with E-state index >= 15 is 0 Å². The predicted molar refractivity (Wildman–Crippen MR) is 276 cm³/mol. The third-order valence-electron chi connectivity index (χ3n) is 18.1. The zero-order valence-electron chi connectivity index (χ0n) is 42.5. The number of allylic oxidation sites excluding steroid dienone is 1. The average molecular weight is 860 g/mol. The van der Waals surface area contributed by atoms with Gasteiger partial charge in [0.05, 0.1) is 6.04 Å². The van der Waals surface area contributed by atoms with E-state index < -0.39 is 5.50 Å². The molecule has 3 aliphatic heterocycles. The summed E-state index contributed by atoms with van der Waals surface area (Å²) < 4.78 is 8.11. The Morgan fingerprint density at radius 1 is 0.646 bits per heavy atom. The predicted octanol–water partition coefficient (Wildman–Crippen LogP) is 14.6. The Labute approximate surface area is 392 Å². The Bertz CT molecular complexity index is 2860. The monoisotopic (exact) mass is 860 g/mol. The Hall–Kier alpha value is -4.50. The van der Waals surface area contributed by atoms with Crippen molar-refractivity contribution in [1.82, 2.24) is 0 Å². The molecule has 5 aromatic carbocycles. The molecule has 0 aromatic heterocycles. The van der Waals surface area contributed by atoms with Gasteiger partial charge in [-0.05, 0) is 159 Å². The highest BCUT2D eigenvalue weighted by Gasteiger charge is 2.67. The summed E-state index contributed by atoms with van der Waals surface area (Å²) in [5.74, 6) is 1.53. The SMILES string of the molecule is Cc1cc2c3c(c1)N(c1ccc(C(C)(C)C)cc1-c1ccccc1)C1C4=C(OC1(C)B3c1ccc3c5c1C2CCc1ccc(C(C)(C)C)cc1C5(C)CCC3(C)C)C(C)(C)CCC4(C)C. The second-order valence-electron chi connectivity index (χ2n) is 26.1. The molecule has 4 atom stereocenters. The first-order valence-electron chi connectivity index (χ1n) is 25.3. The molecule has 0 radical (unpaired) electrons. The summed E-state index contributed by atoms with van der Waals surface area (Å²) in [6, 6.07) is 36.7. The van der Waals surface area contributed by atoms with Gasteiger partial charge in [0.15, 0.2) is 0 Å². The van der Waals surface area contributed by atoms with Crippen molar-refractivity contribution >= 4 is 29.0 Å². The largest absolute Gasteiger partial charge is 0.496 e. The number of anilines is 2. The standard InChI is InChI=1S/C62H74BNO/c1-37-33-44-42-25-22-39-21-23-41(57(5,6)7)36-46(39)61(14)32-31-58(8,9)45-26-27-47(50(42)51(45)61)63-53(44)49(34-37)64(54-52-55(65-62(54,63)15)60(12,13)30-29-59(52,10)11)48-28-24-40(56(2,3)4)35-43(48)38-19-17-16-18-20-38/h16-21,23-24,26-28,33-36,42,54H,22,25,29-32H2,1-15H3. The van der Waals surface area contributed by atoms with Crippen molar-refractivity contribution < 1.29 is 4.74 Å². The van der Waals surface area contributed by atoms with E-state index in [1.54, 1.807) is 27.8 Å². The van der Waals surface area contributed by atoms with Crippen molar-refractivity contribution in [1.29, 1.82) is 0 Å². The molecule has 11 rings (SSSR count). The minimum atomic E-state index is -0.576. The third kappa shape index (κ3) is 6.04. The van der Waals surface area contributed by atoms with Gasteiger partial charge in [0.2, 0.25) is 0 Å². The first kappa shape index (κ1) is 43.1. The molecule has 5 aromatic rings. The van der Waals surface area contributed by atoms with Gasteiger partial charge < -0.3 is 9.64 Å². The highest BCUT2D eigenvalue weighted by Crippen LogP contribution is 2.63. The number of hydrogen-bond donors (Lipinski definition) is 0. The molecule has 0 bridgehead atoms. The van der Waals surface area contributed by atoms with Crippen LogP contribution in [0.1, 0.15) is 185 Å². The van der Waals surface area contributed by atoms with Gasteiger partial charge in [0, 0.05) is 33.7 Å². The quantitative estimate of drug-likeness (QED) is 0.164. The summed E-state index contributed by atoms with van der Waals surface area (Å²) in [4.78, 5) is 2.84. The Kier molecular flexibility index (Phi) is 9.00. The van der Waals surface area contributed by atoms with E-state index in [0.29, 0.717) is 0 Å². The topological polar surface area (TPSA) is 12.5 Å². The molecule has 0 amide bonds. The molecule has 0 saturated heterocycles. The van der Waals surface area contributed by atoms with Crippen LogP contribution in [-0.4, -0.2) is 18.3 Å². The van der Waals surface area contributed by atoms with Crippen LogP contribution in [0.5, 0.6) is 0 Å². The van der Waals surface area contributed by atoms with Crippen LogP contribution in [0, 0.1) is 17.8 Å². The van der Waals surface area contributed by atoms with Crippen LogP contribution in [0.3, 0.4) is 0 Å². The molecule has 4 unspecified atom stereocenters. The van der Waals surface area contributed by atoms with Crippen molar-refractivity contribution in [2.24, 2.45) is 10.8 Å². The van der Waals surface area contributed by atoms with Crippen molar-refractivity contribution in [3.05, 3.63) is 152 Å². The van der Waals surface area contributed by atoms with Crippen LogP contribution in [0.15, 0.2) is 102 Å². The summed E-state index contributed by atoms with van der Waals surface area (Å²) in [5, 5.41) is 0. The van der Waals surface area contributed by atoms with Crippen molar-refractivity contribution in [3.8, 4) is 11.1 Å². The van der Waals surface area contributed by atoms with Gasteiger partial charge >= 0.3 is 0 Å². The van der Waals surface area contributed by atoms with E-state index in [0.717, 1.165) is 32.1 Å². The lowest BCUT2D eigenvalue weighted by atomic mass is 9.25. The van der Waals surface area contributed by atoms with Crippen LogP contribution in [0.4, 0.5) is 11.4 Å². The number of fused-ring (bicyclic) bond motifs is 7. The minimum absolute atomic E-state index is 0.00463. The molecule has 0 saturated carbocycles. The summed E-state index contributed by atoms with van der Waals surface area (Å²) in [6.45, 7) is 36.8. The molecule has 65 heavy (non-hydrogen) atoms. The zero-order valence-corrected chi connectivity index (χ0v) is 42.5. The summed E-state index contributed by atoms with van der Waals surface area (Å²) in [5.41, 5.74) is 22.8. The first-order chi connectivity index (χ1) is 30.4. The van der Waals surface area contributed by atoms with E-state index in [9.17, 15) is 0 Å². The fraction of sp³-hybridized carbons (Fsp3) is 0.484. The molecule has 3 aliphatic carbocycles. The molecule has 336 valence electrons. The Balaban J connectivity index is 1.26. The number of nitrogens with zero attached hydrogens (tertiary/aromatic N) is 1. The fourth-order valence-corrected chi connectivity index (χ4v) is 14.3. The molecule has 3 heteroatoms. The van der Waals surface area contributed by atoms with Gasteiger partial charge in [0.25, 0.3) is 6.71 Å². The van der Waals surface area contributed by atoms with Gasteiger partial charge in [-0.2, -0.15) is 0 Å². The lowest BCUT2D eigenvalue weighted by Crippen LogP contribution is -2.74. The molecule has 6 aliphatic rings. The Morgan fingerprint density at radius 2 is 1.31 bits per heavy atom. The maximum atomic E-state index is 8.11. The lowest BCUT2D eigenvalue weighted by Gasteiger charge is -2.56. The van der Waals surface area contributed by atoms with Gasteiger partial charge in [-0.25, -0.2) is 0 Å². The molecular formula is C62H74BNO. The number of ether oxygens (including phenoxy) is 1. The first-order valence-corrected chi connectivity index (χ1v) is 25.3. The maximum Gasteiger partial charge on any atom is 0.266 e. The van der Waals surface area contributed by atoms with E-state index in [1.165, 1.54) is 73.4 Å². The zero-order chi connectivity index (χ0) is 46.2. The second kappa shape index (κ2) is 13.6. The van der Waals surface area contributed by atoms with Gasteiger partial charge in [-0.3, -0.25) is 0 Å². The number of aryl methyl sites for hydroxylation is 2. The number of rotatable bonds is 2.